The zero-order valence-electron chi connectivity index (χ0n) is 13.2. The van der Waals surface area contributed by atoms with Crippen LogP contribution in [0.3, 0.4) is 0 Å². The van der Waals surface area contributed by atoms with Crippen molar-refractivity contribution in [3.63, 3.8) is 0 Å². The minimum absolute atomic E-state index is 0.0241. The van der Waals surface area contributed by atoms with E-state index >= 15 is 0 Å². The third kappa shape index (κ3) is 5.06. The van der Waals surface area contributed by atoms with Crippen molar-refractivity contribution >= 4 is 17.6 Å². The second-order valence-corrected chi connectivity index (χ2v) is 5.72. The predicted molar refractivity (Wildman–Crippen MR) is 87.7 cm³/mol. The number of carbonyl (C=O) groups is 2. The first kappa shape index (κ1) is 16.3. The van der Waals surface area contributed by atoms with Crippen molar-refractivity contribution < 1.29 is 9.59 Å². The number of amides is 3. The van der Waals surface area contributed by atoms with Crippen LogP contribution >= 0.6 is 0 Å². The first-order chi connectivity index (χ1) is 10.7. The van der Waals surface area contributed by atoms with E-state index in [1.165, 1.54) is 0 Å². The van der Waals surface area contributed by atoms with Gasteiger partial charge in [-0.25, -0.2) is 4.79 Å². The molecular formula is C17H25N3O2. The summed E-state index contributed by atoms with van der Waals surface area (Å²) in [6.07, 6.45) is 3.55. The van der Waals surface area contributed by atoms with Crippen LogP contribution in [-0.4, -0.2) is 36.5 Å². The summed E-state index contributed by atoms with van der Waals surface area (Å²) in [5, 5.41) is 5.84. The third-order valence-corrected chi connectivity index (χ3v) is 4.12. The quantitative estimate of drug-likeness (QED) is 0.878. The topological polar surface area (TPSA) is 61.4 Å². The van der Waals surface area contributed by atoms with Crippen LogP contribution in [0.2, 0.25) is 0 Å². The predicted octanol–water partition coefficient (Wildman–Crippen LogP) is 2.85. The summed E-state index contributed by atoms with van der Waals surface area (Å²) in [5.41, 5.74) is 0.830. The van der Waals surface area contributed by atoms with Gasteiger partial charge in [-0.1, -0.05) is 25.1 Å². The van der Waals surface area contributed by atoms with Crippen LogP contribution in [0.1, 0.15) is 32.6 Å². The number of para-hydroxylation sites is 1. The van der Waals surface area contributed by atoms with Gasteiger partial charge in [0, 0.05) is 31.7 Å². The normalized spacial score (nSPS) is 15.4. The molecule has 1 heterocycles. The molecule has 3 amide bonds. The van der Waals surface area contributed by atoms with Crippen molar-refractivity contribution in [2.45, 2.75) is 32.6 Å². The molecule has 1 aromatic carbocycles. The minimum atomic E-state index is -0.0241. The Bertz CT molecular complexity index is 482. The van der Waals surface area contributed by atoms with Gasteiger partial charge in [-0.3, -0.25) is 4.79 Å². The highest BCUT2D eigenvalue weighted by Gasteiger charge is 2.22. The van der Waals surface area contributed by atoms with E-state index in [2.05, 4.69) is 10.6 Å². The van der Waals surface area contributed by atoms with Crippen LogP contribution in [0.4, 0.5) is 10.5 Å². The molecule has 22 heavy (non-hydrogen) atoms. The Morgan fingerprint density at radius 2 is 1.86 bits per heavy atom. The smallest absolute Gasteiger partial charge is 0.321 e. The second-order valence-electron chi connectivity index (χ2n) is 5.72. The molecule has 1 aliphatic heterocycles. The highest BCUT2D eigenvalue weighted by Crippen LogP contribution is 2.20. The summed E-state index contributed by atoms with van der Waals surface area (Å²) in [5.74, 6) is 0.706. The van der Waals surface area contributed by atoms with Gasteiger partial charge in [0.15, 0.2) is 0 Å². The van der Waals surface area contributed by atoms with E-state index in [9.17, 15) is 9.59 Å². The fourth-order valence-electron chi connectivity index (χ4n) is 2.69. The number of benzene rings is 1. The molecule has 0 unspecified atom stereocenters. The number of nitrogens with one attached hydrogen (secondary N) is 2. The summed E-state index contributed by atoms with van der Waals surface area (Å²) in [4.78, 5) is 25.2. The van der Waals surface area contributed by atoms with E-state index in [-0.39, 0.29) is 11.9 Å². The van der Waals surface area contributed by atoms with E-state index in [0.717, 1.165) is 44.6 Å². The Balaban J connectivity index is 1.68. The molecule has 0 spiro atoms. The number of rotatable bonds is 5. The fourth-order valence-corrected chi connectivity index (χ4v) is 2.69. The Hall–Kier alpha value is -2.04. The molecule has 1 aromatic rings. The summed E-state index contributed by atoms with van der Waals surface area (Å²) in [6, 6.07) is 9.50. The first-order valence-corrected chi connectivity index (χ1v) is 8.06. The number of piperidine rings is 1. The molecular weight excluding hydrogens is 278 g/mol. The van der Waals surface area contributed by atoms with Crippen molar-refractivity contribution in [3.8, 4) is 0 Å². The Kier molecular flexibility index (Phi) is 6.25. The van der Waals surface area contributed by atoms with E-state index in [1.54, 1.807) is 0 Å². The molecule has 0 bridgehead atoms. The molecule has 1 saturated heterocycles. The maximum Gasteiger partial charge on any atom is 0.321 e. The molecule has 2 rings (SSSR count). The lowest BCUT2D eigenvalue weighted by Crippen LogP contribution is -2.41. The molecule has 1 aliphatic rings. The van der Waals surface area contributed by atoms with Crippen molar-refractivity contribution in [1.82, 2.24) is 10.2 Å². The second kappa shape index (κ2) is 8.41. The maximum atomic E-state index is 12.2. The van der Waals surface area contributed by atoms with Gasteiger partial charge in [0.2, 0.25) is 5.91 Å². The molecule has 120 valence electrons. The third-order valence-electron chi connectivity index (χ3n) is 4.12. The van der Waals surface area contributed by atoms with Gasteiger partial charge < -0.3 is 15.5 Å². The molecule has 2 N–H and O–H groups in total. The van der Waals surface area contributed by atoms with Crippen molar-refractivity contribution in [3.05, 3.63) is 30.3 Å². The molecule has 1 fully saturated rings. The number of urea groups is 1. The Morgan fingerprint density at radius 1 is 1.18 bits per heavy atom. The van der Waals surface area contributed by atoms with Gasteiger partial charge in [-0.2, -0.15) is 0 Å². The monoisotopic (exact) mass is 303 g/mol. The van der Waals surface area contributed by atoms with Crippen molar-refractivity contribution in [2.75, 3.05) is 25.0 Å². The van der Waals surface area contributed by atoms with Crippen LogP contribution in [0.5, 0.6) is 0 Å². The van der Waals surface area contributed by atoms with Gasteiger partial charge in [0.1, 0.15) is 0 Å². The number of nitrogens with zero attached hydrogens (tertiary/aromatic N) is 1. The van der Waals surface area contributed by atoms with E-state index < -0.39 is 0 Å². The van der Waals surface area contributed by atoms with Crippen molar-refractivity contribution in [2.24, 2.45) is 5.92 Å². The Labute approximate surface area is 132 Å². The van der Waals surface area contributed by atoms with Crippen LogP contribution in [0.25, 0.3) is 0 Å². The summed E-state index contributed by atoms with van der Waals surface area (Å²) in [6.45, 7) is 4.17. The zero-order valence-corrected chi connectivity index (χ0v) is 13.2. The van der Waals surface area contributed by atoms with Crippen LogP contribution in [0, 0.1) is 5.92 Å². The molecule has 0 aliphatic carbocycles. The lowest BCUT2D eigenvalue weighted by molar-refractivity contribution is -0.120. The average molecular weight is 303 g/mol. The highest BCUT2D eigenvalue weighted by molar-refractivity contribution is 5.89. The summed E-state index contributed by atoms with van der Waals surface area (Å²) in [7, 11) is 0. The summed E-state index contributed by atoms with van der Waals surface area (Å²) < 4.78 is 0. The average Bonchev–Trinajstić information content (AvgIpc) is 2.56. The molecule has 0 atom stereocenters. The van der Waals surface area contributed by atoms with Gasteiger partial charge >= 0.3 is 6.03 Å². The standard InChI is InChI=1S/C17H25N3O2/c1-2-16(21)18-11-8-14-9-12-20(13-10-14)17(22)19-15-6-4-3-5-7-15/h3-7,14H,2,8-13H2,1H3,(H,18,21)(H,19,22). The Morgan fingerprint density at radius 3 is 2.50 bits per heavy atom. The van der Waals surface area contributed by atoms with Crippen LogP contribution in [0.15, 0.2) is 30.3 Å². The zero-order chi connectivity index (χ0) is 15.8. The maximum absolute atomic E-state index is 12.2. The SMILES string of the molecule is CCC(=O)NCCC1CCN(C(=O)Nc2ccccc2)CC1. The largest absolute Gasteiger partial charge is 0.356 e. The number of hydrogen-bond acceptors (Lipinski definition) is 2. The van der Waals surface area contributed by atoms with Gasteiger partial charge in [-0.15, -0.1) is 0 Å². The van der Waals surface area contributed by atoms with E-state index in [0.29, 0.717) is 12.3 Å². The number of anilines is 1. The van der Waals surface area contributed by atoms with Crippen molar-refractivity contribution in [1.29, 1.82) is 0 Å². The molecule has 0 aromatic heterocycles. The molecule has 0 saturated carbocycles. The van der Waals surface area contributed by atoms with Gasteiger partial charge in [-0.05, 0) is 37.3 Å². The minimum Gasteiger partial charge on any atom is -0.356 e. The fraction of sp³-hybridized carbons (Fsp3) is 0.529. The lowest BCUT2D eigenvalue weighted by atomic mass is 9.94. The summed E-state index contributed by atoms with van der Waals surface area (Å²) >= 11 is 0. The van der Waals surface area contributed by atoms with Gasteiger partial charge in [0.25, 0.3) is 0 Å². The van der Waals surface area contributed by atoms with E-state index in [4.69, 9.17) is 0 Å². The molecule has 5 heteroatoms. The highest BCUT2D eigenvalue weighted by atomic mass is 16.2. The first-order valence-electron chi connectivity index (χ1n) is 8.06. The lowest BCUT2D eigenvalue weighted by Gasteiger charge is -2.32. The number of hydrogen-bond donors (Lipinski definition) is 2. The number of likely N-dealkylation sites (tertiary alicyclic amines) is 1. The van der Waals surface area contributed by atoms with Crippen LogP contribution < -0.4 is 10.6 Å². The van der Waals surface area contributed by atoms with Crippen LogP contribution in [-0.2, 0) is 4.79 Å². The molecule has 5 nitrogen and oxygen atoms in total. The van der Waals surface area contributed by atoms with E-state index in [1.807, 2.05) is 42.2 Å². The number of carbonyl (C=O) groups excluding carboxylic acids is 2. The molecule has 0 radical (unpaired) electrons. The van der Waals surface area contributed by atoms with Gasteiger partial charge in [0.05, 0.1) is 0 Å².